The smallest absolute Gasteiger partial charge is 0.201 e. The molecule has 2 aromatic carbocycles. The Morgan fingerprint density at radius 2 is 2.05 bits per heavy atom. The molecule has 0 unspecified atom stereocenters. The number of para-hydroxylation sites is 1. The molecule has 0 aliphatic heterocycles. The van der Waals surface area contributed by atoms with Gasteiger partial charge in [0, 0.05) is 6.54 Å². The van der Waals surface area contributed by atoms with Gasteiger partial charge in [0.2, 0.25) is 5.95 Å². The first-order chi connectivity index (χ1) is 10.2. The minimum atomic E-state index is 0.487. The predicted molar refractivity (Wildman–Crippen MR) is 85.9 cm³/mol. The van der Waals surface area contributed by atoms with Gasteiger partial charge in [0.15, 0.2) is 0 Å². The van der Waals surface area contributed by atoms with Crippen molar-refractivity contribution < 1.29 is 4.74 Å². The van der Waals surface area contributed by atoms with E-state index in [1.165, 1.54) is 5.56 Å². The molecule has 2 N–H and O–H groups in total. The lowest BCUT2D eigenvalue weighted by Gasteiger charge is -2.08. The molecule has 5 heteroatoms. The van der Waals surface area contributed by atoms with Gasteiger partial charge in [-0.3, -0.25) is 0 Å². The average molecular weight is 302 g/mol. The number of nitrogens with two attached hydrogens (primary N) is 1. The van der Waals surface area contributed by atoms with Gasteiger partial charge in [-0.15, -0.1) is 0 Å². The van der Waals surface area contributed by atoms with E-state index in [0.717, 1.165) is 29.7 Å². The van der Waals surface area contributed by atoms with Crippen LogP contribution in [-0.2, 0) is 13.0 Å². The summed E-state index contributed by atoms with van der Waals surface area (Å²) in [4.78, 5) is 4.34. The van der Waals surface area contributed by atoms with E-state index in [-0.39, 0.29) is 0 Å². The van der Waals surface area contributed by atoms with Crippen LogP contribution in [0.15, 0.2) is 42.5 Å². The van der Waals surface area contributed by atoms with Crippen LogP contribution in [0.2, 0.25) is 5.02 Å². The summed E-state index contributed by atoms with van der Waals surface area (Å²) in [7, 11) is 1.67. The zero-order chi connectivity index (χ0) is 14.8. The molecule has 0 amide bonds. The monoisotopic (exact) mass is 301 g/mol. The molecule has 0 fully saturated rings. The molecule has 4 nitrogen and oxygen atoms in total. The molecule has 0 saturated heterocycles. The van der Waals surface area contributed by atoms with Crippen LogP contribution in [0.1, 0.15) is 5.56 Å². The van der Waals surface area contributed by atoms with Gasteiger partial charge in [0.25, 0.3) is 0 Å². The van der Waals surface area contributed by atoms with Crippen molar-refractivity contribution in [1.29, 1.82) is 0 Å². The Kier molecular flexibility index (Phi) is 3.71. The molecule has 0 saturated carbocycles. The van der Waals surface area contributed by atoms with Gasteiger partial charge in [0.1, 0.15) is 11.3 Å². The Morgan fingerprint density at radius 3 is 2.86 bits per heavy atom. The number of benzene rings is 2. The van der Waals surface area contributed by atoms with Crippen molar-refractivity contribution in [2.75, 3.05) is 12.8 Å². The van der Waals surface area contributed by atoms with Crippen LogP contribution in [0.5, 0.6) is 5.75 Å². The van der Waals surface area contributed by atoms with Crippen molar-refractivity contribution in [1.82, 2.24) is 9.55 Å². The summed E-state index contributed by atoms with van der Waals surface area (Å²) in [6.45, 7) is 0.746. The molecule has 0 radical (unpaired) electrons. The molecule has 3 aromatic rings. The average Bonchev–Trinajstić information content (AvgIpc) is 2.83. The second-order valence-corrected chi connectivity index (χ2v) is 5.24. The fourth-order valence-electron chi connectivity index (χ4n) is 2.43. The van der Waals surface area contributed by atoms with Crippen LogP contribution < -0.4 is 10.5 Å². The number of hydrogen-bond acceptors (Lipinski definition) is 3. The van der Waals surface area contributed by atoms with Crippen molar-refractivity contribution in [3.63, 3.8) is 0 Å². The standard InChI is InChI=1S/C16H16ClN3O/c1-21-12-5-2-4-11(10-12)8-9-20-14-7-3-6-13(17)15(14)19-16(20)18/h2-7,10H,8-9H2,1H3,(H2,18,19). The number of methoxy groups -OCH3 is 1. The minimum absolute atomic E-state index is 0.487. The number of rotatable bonds is 4. The molecule has 108 valence electrons. The lowest BCUT2D eigenvalue weighted by Crippen LogP contribution is -2.05. The summed E-state index contributed by atoms with van der Waals surface area (Å²) >= 11 is 6.15. The first-order valence-electron chi connectivity index (χ1n) is 6.72. The molecule has 0 bridgehead atoms. The SMILES string of the molecule is COc1cccc(CCn2c(N)nc3c(Cl)cccc32)c1. The molecular formula is C16H16ClN3O. The molecule has 0 spiro atoms. The van der Waals surface area contributed by atoms with Gasteiger partial charge in [-0.05, 0) is 36.2 Å². The zero-order valence-corrected chi connectivity index (χ0v) is 12.5. The summed E-state index contributed by atoms with van der Waals surface area (Å²) in [6.07, 6.45) is 0.847. The Balaban J connectivity index is 1.88. The van der Waals surface area contributed by atoms with Gasteiger partial charge >= 0.3 is 0 Å². The third-order valence-corrected chi connectivity index (χ3v) is 3.82. The van der Waals surface area contributed by atoms with Gasteiger partial charge in [-0.1, -0.05) is 29.8 Å². The summed E-state index contributed by atoms with van der Waals surface area (Å²) in [5.74, 6) is 1.35. The van der Waals surface area contributed by atoms with E-state index < -0.39 is 0 Å². The molecular weight excluding hydrogens is 286 g/mol. The molecule has 1 heterocycles. The van der Waals surface area contributed by atoms with E-state index in [1.54, 1.807) is 7.11 Å². The van der Waals surface area contributed by atoms with Crippen LogP contribution >= 0.6 is 11.6 Å². The van der Waals surface area contributed by atoms with E-state index in [4.69, 9.17) is 22.1 Å². The lowest BCUT2D eigenvalue weighted by molar-refractivity contribution is 0.414. The van der Waals surface area contributed by atoms with Crippen molar-refractivity contribution in [2.24, 2.45) is 0 Å². The summed E-state index contributed by atoms with van der Waals surface area (Å²) in [5.41, 5.74) is 8.92. The van der Waals surface area contributed by atoms with E-state index in [0.29, 0.717) is 11.0 Å². The number of aromatic nitrogens is 2. The van der Waals surface area contributed by atoms with E-state index in [1.807, 2.05) is 41.0 Å². The van der Waals surface area contributed by atoms with E-state index in [2.05, 4.69) is 11.1 Å². The van der Waals surface area contributed by atoms with Gasteiger partial charge in [0.05, 0.1) is 17.6 Å². The first-order valence-corrected chi connectivity index (χ1v) is 7.10. The molecule has 0 aliphatic rings. The summed E-state index contributed by atoms with van der Waals surface area (Å²) in [5, 5.41) is 0.624. The van der Waals surface area contributed by atoms with E-state index in [9.17, 15) is 0 Å². The molecule has 1 aromatic heterocycles. The number of imidazole rings is 1. The maximum absolute atomic E-state index is 6.15. The highest BCUT2D eigenvalue weighted by Gasteiger charge is 2.10. The van der Waals surface area contributed by atoms with Crippen LogP contribution in [0.25, 0.3) is 11.0 Å². The Labute approximate surface area is 128 Å². The molecule has 21 heavy (non-hydrogen) atoms. The van der Waals surface area contributed by atoms with Crippen LogP contribution in [0.4, 0.5) is 5.95 Å². The highest BCUT2D eigenvalue weighted by Crippen LogP contribution is 2.25. The highest BCUT2D eigenvalue weighted by atomic mass is 35.5. The van der Waals surface area contributed by atoms with Gasteiger partial charge in [-0.2, -0.15) is 0 Å². The predicted octanol–water partition coefficient (Wildman–Crippen LogP) is 3.52. The van der Waals surface area contributed by atoms with Crippen LogP contribution in [0, 0.1) is 0 Å². The Hall–Kier alpha value is -2.20. The summed E-state index contributed by atoms with van der Waals surface area (Å²) in [6, 6.07) is 13.7. The fraction of sp³-hybridized carbons (Fsp3) is 0.188. The second-order valence-electron chi connectivity index (χ2n) is 4.83. The van der Waals surface area contributed by atoms with Crippen LogP contribution in [-0.4, -0.2) is 16.7 Å². The number of nitrogen functional groups attached to an aromatic ring is 1. The van der Waals surface area contributed by atoms with Crippen molar-refractivity contribution >= 4 is 28.6 Å². The number of aryl methyl sites for hydroxylation is 2. The number of ether oxygens (including phenoxy) is 1. The van der Waals surface area contributed by atoms with Gasteiger partial charge < -0.3 is 15.0 Å². The quantitative estimate of drug-likeness (QED) is 0.802. The molecule has 3 rings (SSSR count). The molecule has 0 aliphatic carbocycles. The number of anilines is 1. The largest absolute Gasteiger partial charge is 0.497 e. The van der Waals surface area contributed by atoms with Crippen molar-refractivity contribution in [3.05, 3.63) is 53.1 Å². The molecule has 0 atom stereocenters. The Bertz CT molecular complexity index is 782. The third kappa shape index (κ3) is 2.67. The zero-order valence-electron chi connectivity index (χ0n) is 11.7. The number of hydrogen-bond donors (Lipinski definition) is 1. The van der Waals surface area contributed by atoms with Gasteiger partial charge in [-0.25, -0.2) is 4.98 Å². The normalized spacial score (nSPS) is 11.0. The summed E-state index contributed by atoms with van der Waals surface area (Å²) < 4.78 is 7.23. The lowest BCUT2D eigenvalue weighted by atomic mass is 10.1. The number of fused-ring (bicyclic) bond motifs is 1. The first kappa shape index (κ1) is 13.8. The maximum Gasteiger partial charge on any atom is 0.201 e. The third-order valence-electron chi connectivity index (χ3n) is 3.52. The van der Waals surface area contributed by atoms with Crippen molar-refractivity contribution in [2.45, 2.75) is 13.0 Å². The second kappa shape index (κ2) is 5.66. The number of halogens is 1. The number of nitrogens with zero attached hydrogens (tertiary/aromatic N) is 2. The van der Waals surface area contributed by atoms with Crippen LogP contribution in [0.3, 0.4) is 0 Å². The Morgan fingerprint density at radius 1 is 1.24 bits per heavy atom. The topological polar surface area (TPSA) is 53.1 Å². The highest BCUT2D eigenvalue weighted by molar-refractivity contribution is 6.35. The maximum atomic E-state index is 6.15. The fourth-order valence-corrected chi connectivity index (χ4v) is 2.65. The van der Waals surface area contributed by atoms with E-state index >= 15 is 0 Å². The van der Waals surface area contributed by atoms with Crippen molar-refractivity contribution in [3.8, 4) is 5.75 Å². The minimum Gasteiger partial charge on any atom is -0.497 e.